The molecule has 0 radical (unpaired) electrons. The Labute approximate surface area is 110 Å². The van der Waals surface area contributed by atoms with Crippen LogP contribution in [-0.4, -0.2) is 18.5 Å². The smallest absolute Gasteiger partial charge is 0.194 e. The fraction of sp³-hybridized carbons (Fsp3) is 0.562. The van der Waals surface area contributed by atoms with E-state index in [1.807, 2.05) is 33.8 Å². The van der Waals surface area contributed by atoms with Gasteiger partial charge in [0.2, 0.25) is 0 Å². The molecule has 0 aliphatic heterocycles. The van der Waals surface area contributed by atoms with Crippen LogP contribution in [0.4, 0.5) is 0 Å². The molecular formula is C16H24O2. The molecule has 0 aliphatic carbocycles. The highest BCUT2D eigenvalue weighted by atomic mass is 16.5. The van der Waals surface area contributed by atoms with Crippen LogP contribution in [0.5, 0.6) is 0 Å². The molecule has 0 unspecified atom stereocenters. The Balaban J connectivity index is 3.30. The Hall–Kier alpha value is -1.15. The average molecular weight is 248 g/mol. The number of aryl methyl sites for hydroxylation is 3. The molecule has 0 saturated carbocycles. The van der Waals surface area contributed by atoms with Crippen LogP contribution in [0.2, 0.25) is 0 Å². The highest BCUT2D eigenvalue weighted by Crippen LogP contribution is 2.27. The molecule has 0 fully saturated rings. The van der Waals surface area contributed by atoms with Gasteiger partial charge in [-0.3, -0.25) is 4.79 Å². The first kappa shape index (κ1) is 14.9. The Morgan fingerprint density at radius 1 is 1.06 bits per heavy atom. The summed E-state index contributed by atoms with van der Waals surface area (Å²) in [5, 5.41) is 0. The first-order chi connectivity index (χ1) is 8.41. The molecule has 0 saturated heterocycles. The number of carbonyl (C=O) groups excluding carboxylic acids is 1. The van der Waals surface area contributed by atoms with Crippen molar-refractivity contribution < 1.29 is 9.53 Å². The molecule has 0 N–H and O–H groups in total. The maximum absolute atomic E-state index is 12.7. The third-order valence-electron chi connectivity index (χ3n) is 4.03. The summed E-state index contributed by atoms with van der Waals surface area (Å²) in [6, 6.07) is 4.07. The minimum absolute atomic E-state index is 0.107. The van der Waals surface area contributed by atoms with Crippen LogP contribution >= 0.6 is 0 Å². The second-order valence-electron chi connectivity index (χ2n) is 4.99. The Bertz CT molecular complexity index is 434. The average Bonchev–Trinajstić information content (AvgIpc) is 2.36. The summed E-state index contributed by atoms with van der Waals surface area (Å²) in [6.45, 7) is 10.1. The summed E-state index contributed by atoms with van der Waals surface area (Å²) in [6.07, 6.45) is 1.40. The van der Waals surface area contributed by atoms with Gasteiger partial charge in [-0.2, -0.15) is 0 Å². The van der Waals surface area contributed by atoms with Gasteiger partial charge in [-0.1, -0.05) is 19.9 Å². The monoisotopic (exact) mass is 248 g/mol. The van der Waals surface area contributed by atoms with Crippen molar-refractivity contribution in [1.29, 1.82) is 0 Å². The molecule has 1 aromatic rings. The second kappa shape index (κ2) is 5.66. The number of ketones is 1. The molecule has 1 rings (SSSR count). The lowest BCUT2D eigenvalue weighted by molar-refractivity contribution is -0.00267. The third kappa shape index (κ3) is 2.49. The molecule has 2 heteroatoms. The second-order valence-corrected chi connectivity index (χ2v) is 4.99. The highest BCUT2D eigenvalue weighted by molar-refractivity contribution is 6.03. The number of hydrogen-bond acceptors (Lipinski definition) is 2. The molecule has 0 heterocycles. The van der Waals surface area contributed by atoms with E-state index in [1.54, 1.807) is 7.11 Å². The number of hydrogen-bond donors (Lipinski definition) is 0. The van der Waals surface area contributed by atoms with Crippen LogP contribution < -0.4 is 0 Å². The Morgan fingerprint density at radius 3 is 2.00 bits per heavy atom. The number of benzene rings is 1. The van der Waals surface area contributed by atoms with E-state index in [-0.39, 0.29) is 5.78 Å². The van der Waals surface area contributed by atoms with Crippen molar-refractivity contribution in [2.75, 3.05) is 7.11 Å². The highest BCUT2D eigenvalue weighted by Gasteiger charge is 2.36. The van der Waals surface area contributed by atoms with Crippen molar-refractivity contribution in [3.8, 4) is 0 Å². The number of ether oxygens (including phenoxy) is 1. The zero-order valence-electron chi connectivity index (χ0n) is 12.4. The molecule has 0 aliphatic rings. The summed E-state index contributed by atoms with van der Waals surface area (Å²) in [5.74, 6) is 0.107. The zero-order chi connectivity index (χ0) is 13.9. The summed E-state index contributed by atoms with van der Waals surface area (Å²) >= 11 is 0. The zero-order valence-corrected chi connectivity index (χ0v) is 12.4. The van der Waals surface area contributed by atoms with Gasteiger partial charge in [-0.15, -0.1) is 0 Å². The van der Waals surface area contributed by atoms with E-state index >= 15 is 0 Å². The van der Waals surface area contributed by atoms with Crippen LogP contribution in [0.15, 0.2) is 12.1 Å². The summed E-state index contributed by atoms with van der Waals surface area (Å²) in [4.78, 5) is 12.7. The largest absolute Gasteiger partial charge is 0.370 e. The summed E-state index contributed by atoms with van der Waals surface area (Å²) < 4.78 is 5.53. The number of carbonyl (C=O) groups is 1. The van der Waals surface area contributed by atoms with Crippen molar-refractivity contribution in [2.45, 2.75) is 53.1 Å². The van der Waals surface area contributed by atoms with E-state index in [1.165, 1.54) is 5.56 Å². The van der Waals surface area contributed by atoms with E-state index in [2.05, 4.69) is 13.0 Å². The van der Waals surface area contributed by atoms with Crippen molar-refractivity contribution in [2.24, 2.45) is 0 Å². The van der Waals surface area contributed by atoms with Gasteiger partial charge in [0.15, 0.2) is 5.78 Å². The number of rotatable bonds is 5. The normalized spacial score (nSPS) is 11.7. The van der Waals surface area contributed by atoms with Crippen molar-refractivity contribution in [3.05, 3.63) is 34.4 Å². The van der Waals surface area contributed by atoms with E-state index in [0.717, 1.165) is 16.7 Å². The van der Waals surface area contributed by atoms with Gasteiger partial charge in [0.25, 0.3) is 0 Å². The molecule has 100 valence electrons. The molecule has 0 amide bonds. The van der Waals surface area contributed by atoms with Crippen LogP contribution in [0.1, 0.15) is 53.7 Å². The van der Waals surface area contributed by atoms with Gasteiger partial charge in [-0.05, 0) is 56.4 Å². The van der Waals surface area contributed by atoms with Gasteiger partial charge in [0.1, 0.15) is 5.60 Å². The summed E-state index contributed by atoms with van der Waals surface area (Å²) in [5.41, 5.74) is 3.53. The van der Waals surface area contributed by atoms with Crippen molar-refractivity contribution >= 4 is 5.78 Å². The topological polar surface area (TPSA) is 26.3 Å². The summed E-state index contributed by atoms with van der Waals surface area (Å²) in [7, 11) is 1.63. The van der Waals surface area contributed by atoms with E-state index in [9.17, 15) is 4.79 Å². The minimum Gasteiger partial charge on any atom is -0.370 e. The van der Waals surface area contributed by atoms with E-state index in [4.69, 9.17) is 4.74 Å². The molecule has 0 aromatic heterocycles. The number of methoxy groups -OCH3 is 1. The third-order valence-corrected chi connectivity index (χ3v) is 4.03. The molecule has 18 heavy (non-hydrogen) atoms. The standard InChI is InChI=1S/C16H24O2/c1-7-16(8-2,18-6)15(17)14-10-12(4)11(3)9-13(14)5/h9-10H,7-8H2,1-6H3. The first-order valence-electron chi connectivity index (χ1n) is 6.59. The minimum atomic E-state index is -0.674. The first-order valence-corrected chi connectivity index (χ1v) is 6.59. The van der Waals surface area contributed by atoms with Crippen LogP contribution in [0, 0.1) is 20.8 Å². The van der Waals surface area contributed by atoms with Gasteiger partial charge in [0.05, 0.1) is 0 Å². The van der Waals surface area contributed by atoms with E-state index < -0.39 is 5.60 Å². The quantitative estimate of drug-likeness (QED) is 0.736. The lowest BCUT2D eigenvalue weighted by atomic mass is 9.85. The van der Waals surface area contributed by atoms with Gasteiger partial charge in [-0.25, -0.2) is 0 Å². The predicted octanol–water partition coefficient (Wildman–Crippen LogP) is 4.00. The fourth-order valence-electron chi connectivity index (χ4n) is 2.40. The SMILES string of the molecule is CCC(CC)(OC)C(=O)c1cc(C)c(C)cc1C. The maximum Gasteiger partial charge on any atom is 0.194 e. The van der Waals surface area contributed by atoms with Crippen molar-refractivity contribution in [3.63, 3.8) is 0 Å². The van der Waals surface area contributed by atoms with Gasteiger partial charge < -0.3 is 4.74 Å². The van der Waals surface area contributed by atoms with Gasteiger partial charge >= 0.3 is 0 Å². The lowest BCUT2D eigenvalue weighted by Gasteiger charge is -2.29. The molecule has 0 spiro atoms. The predicted molar refractivity (Wildman–Crippen MR) is 75.3 cm³/mol. The Kier molecular flexibility index (Phi) is 4.69. The van der Waals surface area contributed by atoms with Crippen LogP contribution in [0.3, 0.4) is 0 Å². The van der Waals surface area contributed by atoms with Crippen molar-refractivity contribution in [1.82, 2.24) is 0 Å². The molecule has 0 bridgehead atoms. The molecular weight excluding hydrogens is 224 g/mol. The Morgan fingerprint density at radius 2 is 1.56 bits per heavy atom. The van der Waals surface area contributed by atoms with Crippen LogP contribution in [0.25, 0.3) is 0 Å². The van der Waals surface area contributed by atoms with Crippen LogP contribution in [-0.2, 0) is 4.74 Å². The lowest BCUT2D eigenvalue weighted by Crippen LogP contribution is -2.40. The van der Waals surface area contributed by atoms with Gasteiger partial charge in [0, 0.05) is 12.7 Å². The molecule has 1 aromatic carbocycles. The number of Topliss-reactive ketones (excluding diaryl/α,β-unsaturated/α-hetero) is 1. The molecule has 0 atom stereocenters. The maximum atomic E-state index is 12.7. The molecule has 2 nitrogen and oxygen atoms in total. The fourth-order valence-corrected chi connectivity index (χ4v) is 2.40. The van der Waals surface area contributed by atoms with E-state index in [0.29, 0.717) is 12.8 Å².